The van der Waals surface area contributed by atoms with Crippen molar-refractivity contribution in [2.45, 2.75) is 25.3 Å². The number of aliphatic hydroxyl groups excluding tert-OH is 1. The molecule has 2 N–H and O–H groups in total. The summed E-state index contributed by atoms with van der Waals surface area (Å²) in [6.07, 6.45) is 2.16. The molecule has 1 fully saturated rings. The van der Waals surface area contributed by atoms with Crippen LogP contribution in [0, 0.1) is 0 Å². The van der Waals surface area contributed by atoms with E-state index in [0.717, 1.165) is 24.1 Å². The van der Waals surface area contributed by atoms with E-state index in [4.69, 9.17) is 0 Å². The van der Waals surface area contributed by atoms with Gasteiger partial charge in [-0.1, -0.05) is 6.07 Å². The fourth-order valence-corrected chi connectivity index (χ4v) is 2.81. The molecule has 1 aromatic rings. The van der Waals surface area contributed by atoms with Crippen LogP contribution < -0.4 is 5.32 Å². The molecule has 0 spiro atoms. The first-order valence-electron chi connectivity index (χ1n) is 6.53. The number of rotatable bonds is 2. The monoisotopic (exact) mass is 260 g/mol. The normalized spacial score (nSPS) is 21.4. The van der Waals surface area contributed by atoms with Crippen molar-refractivity contribution in [2.75, 3.05) is 18.5 Å². The molecule has 5 nitrogen and oxygen atoms in total. The smallest absolute Gasteiger partial charge is 0.254 e. The van der Waals surface area contributed by atoms with Crippen molar-refractivity contribution in [2.24, 2.45) is 0 Å². The van der Waals surface area contributed by atoms with Crippen LogP contribution in [-0.4, -0.2) is 41.0 Å². The van der Waals surface area contributed by atoms with Crippen LogP contribution in [0.3, 0.4) is 0 Å². The summed E-state index contributed by atoms with van der Waals surface area (Å²) in [6, 6.07) is 5.24. The lowest BCUT2D eigenvalue weighted by atomic mass is 10.1. The Morgan fingerprint density at radius 1 is 1.47 bits per heavy atom. The predicted octanol–water partition coefficient (Wildman–Crippen LogP) is 0.778. The maximum absolute atomic E-state index is 12.4. The summed E-state index contributed by atoms with van der Waals surface area (Å²) in [5.74, 6) is -0.102. The number of carbonyl (C=O) groups excluding carboxylic acids is 2. The molecule has 0 bridgehead atoms. The molecule has 0 radical (unpaired) electrons. The first kappa shape index (κ1) is 12.2. The summed E-state index contributed by atoms with van der Waals surface area (Å²) in [5.41, 5.74) is 2.23. The van der Waals surface area contributed by atoms with Crippen LogP contribution in [0.5, 0.6) is 0 Å². The van der Waals surface area contributed by atoms with Crippen LogP contribution >= 0.6 is 0 Å². The fraction of sp³-hybridized carbons (Fsp3) is 0.429. The van der Waals surface area contributed by atoms with Crippen LogP contribution in [-0.2, 0) is 11.2 Å². The van der Waals surface area contributed by atoms with Gasteiger partial charge in [-0.3, -0.25) is 9.59 Å². The number of aliphatic hydroxyl groups is 1. The molecule has 2 aliphatic heterocycles. The van der Waals surface area contributed by atoms with Crippen LogP contribution in [0.25, 0.3) is 0 Å². The minimum atomic E-state index is -0.0738. The Morgan fingerprint density at radius 2 is 2.32 bits per heavy atom. The quantitative estimate of drug-likeness (QED) is 0.825. The van der Waals surface area contributed by atoms with Crippen molar-refractivity contribution < 1.29 is 14.7 Å². The lowest BCUT2D eigenvalue weighted by Crippen LogP contribution is -2.37. The number of amides is 2. The number of anilines is 1. The zero-order chi connectivity index (χ0) is 13.4. The first-order valence-corrected chi connectivity index (χ1v) is 6.53. The number of carbonyl (C=O) groups is 2. The number of nitrogens with one attached hydrogen (secondary N) is 1. The van der Waals surface area contributed by atoms with Gasteiger partial charge in [-0.25, -0.2) is 0 Å². The molecule has 0 unspecified atom stereocenters. The molecule has 5 heteroatoms. The molecule has 100 valence electrons. The van der Waals surface area contributed by atoms with Gasteiger partial charge in [-0.05, 0) is 30.5 Å². The fourth-order valence-electron chi connectivity index (χ4n) is 2.81. The summed E-state index contributed by atoms with van der Waals surface area (Å²) in [5, 5.41) is 12.0. The number of likely N-dealkylation sites (tertiary alicyclic amines) is 1. The summed E-state index contributed by atoms with van der Waals surface area (Å²) in [7, 11) is 0. The second kappa shape index (κ2) is 4.66. The molecule has 0 aliphatic carbocycles. The van der Waals surface area contributed by atoms with Gasteiger partial charge < -0.3 is 15.3 Å². The largest absolute Gasteiger partial charge is 0.394 e. The predicted molar refractivity (Wildman–Crippen MR) is 69.9 cm³/mol. The number of nitrogens with zero attached hydrogens (tertiary/aromatic N) is 1. The average molecular weight is 260 g/mol. The van der Waals surface area contributed by atoms with Gasteiger partial charge in [-0.15, -0.1) is 0 Å². The van der Waals surface area contributed by atoms with Crippen LogP contribution in [0.4, 0.5) is 5.69 Å². The van der Waals surface area contributed by atoms with Crippen molar-refractivity contribution in [3.8, 4) is 0 Å². The number of benzene rings is 1. The van der Waals surface area contributed by atoms with Crippen LogP contribution in [0.2, 0.25) is 0 Å². The van der Waals surface area contributed by atoms with E-state index < -0.39 is 0 Å². The van der Waals surface area contributed by atoms with Crippen molar-refractivity contribution >= 4 is 17.5 Å². The van der Waals surface area contributed by atoms with Gasteiger partial charge >= 0.3 is 0 Å². The average Bonchev–Trinajstić information content (AvgIpc) is 3.01. The van der Waals surface area contributed by atoms with Crippen molar-refractivity contribution in [3.63, 3.8) is 0 Å². The number of hydrogen-bond donors (Lipinski definition) is 2. The minimum Gasteiger partial charge on any atom is -0.394 e. The van der Waals surface area contributed by atoms with Crippen molar-refractivity contribution in [1.29, 1.82) is 0 Å². The lowest BCUT2D eigenvalue weighted by Gasteiger charge is -2.23. The molecular formula is C14H16N2O3. The van der Waals surface area contributed by atoms with E-state index in [2.05, 4.69) is 5.32 Å². The SMILES string of the molecule is O=C1Cc2ccc(C(=O)N3CCC[C@H]3CO)cc2N1. The topological polar surface area (TPSA) is 69.6 Å². The van der Waals surface area contributed by atoms with Gasteiger partial charge in [-0.2, -0.15) is 0 Å². The summed E-state index contributed by atoms with van der Waals surface area (Å²) in [6.45, 7) is 0.695. The van der Waals surface area contributed by atoms with Gasteiger partial charge in [0.25, 0.3) is 5.91 Å². The second-order valence-corrected chi connectivity index (χ2v) is 5.07. The Kier molecular flexibility index (Phi) is 2.98. The first-order chi connectivity index (χ1) is 9.19. The summed E-state index contributed by atoms with van der Waals surface area (Å²) < 4.78 is 0. The molecule has 1 atom stereocenters. The van der Waals surface area contributed by atoms with Gasteiger partial charge in [0.2, 0.25) is 5.91 Å². The molecule has 2 amide bonds. The molecule has 0 saturated carbocycles. The van der Waals surface area contributed by atoms with Gasteiger partial charge in [0, 0.05) is 17.8 Å². The number of hydrogen-bond acceptors (Lipinski definition) is 3. The molecule has 1 saturated heterocycles. The van der Waals surface area contributed by atoms with E-state index in [-0.39, 0.29) is 24.5 Å². The third kappa shape index (κ3) is 2.10. The maximum atomic E-state index is 12.4. The zero-order valence-corrected chi connectivity index (χ0v) is 10.6. The van der Waals surface area contributed by atoms with E-state index in [0.29, 0.717) is 18.5 Å². The van der Waals surface area contributed by atoms with E-state index >= 15 is 0 Å². The number of fused-ring (bicyclic) bond motifs is 1. The van der Waals surface area contributed by atoms with Crippen LogP contribution in [0.15, 0.2) is 18.2 Å². The highest BCUT2D eigenvalue weighted by Crippen LogP contribution is 2.26. The highest BCUT2D eigenvalue weighted by Gasteiger charge is 2.29. The Labute approximate surface area is 111 Å². The maximum Gasteiger partial charge on any atom is 0.254 e. The standard InChI is InChI=1S/C14H16N2O3/c17-8-11-2-1-5-16(11)14(19)10-4-3-9-7-13(18)15-12(9)6-10/h3-4,6,11,17H,1-2,5,7-8H2,(H,15,18)/t11-/m0/s1. The molecular weight excluding hydrogens is 244 g/mol. The zero-order valence-electron chi connectivity index (χ0n) is 10.6. The molecule has 0 aromatic heterocycles. The van der Waals surface area contributed by atoms with Gasteiger partial charge in [0.05, 0.1) is 19.1 Å². The Hall–Kier alpha value is -1.88. The second-order valence-electron chi connectivity index (χ2n) is 5.07. The third-order valence-corrected chi connectivity index (χ3v) is 3.83. The third-order valence-electron chi connectivity index (χ3n) is 3.83. The van der Waals surface area contributed by atoms with E-state index in [1.807, 2.05) is 6.07 Å². The van der Waals surface area contributed by atoms with Crippen molar-refractivity contribution in [1.82, 2.24) is 4.90 Å². The Balaban J connectivity index is 1.85. The van der Waals surface area contributed by atoms with Gasteiger partial charge in [0.15, 0.2) is 0 Å². The highest BCUT2D eigenvalue weighted by molar-refractivity contribution is 6.02. The summed E-state index contributed by atoms with van der Waals surface area (Å²) >= 11 is 0. The van der Waals surface area contributed by atoms with Crippen LogP contribution in [0.1, 0.15) is 28.8 Å². The molecule has 2 heterocycles. The molecule has 3 rings (SSSR count). The molecule has 2 aliphatic rings. The molecule has 19 heavy (non-hydrogen) atoms. The minimum absolute atomic E-state index is 0.00736. The highest BCUT2D eigenvalue weighted by atomic mass is 16.3. The molecule has 1 aromatic carbocycles. The summed E-state index contributed by atoms with van der Waals surface area (Å²) in [4.78, 5) is 25.4. The van der Waals surface area contributed by atoms with E-state index in [9.17, 15) is 14.7 Å². The Morgan fingerprint density at radius 3 is 3.11 bits per heavy atom. The lowest BCUT2D eigenvalue weighted by molar-refractivity contribution is -0.115. The van der Waals surface area contributed by atoms with Crippen molar-refractivity contribution in [3.05, 3.63) is 29.3 Å². The van der Waals surface area contributed by atoms with E-state index in [1.165, 1.54) is 0 Å². The Bertz CT molecular complexity index is 541. The van der Waals surface area contributed by atoms with Gasteiger partial charge in [0.1, 0.15) is 0 Å². The van der Waals surface area contributed by atoms with E-state index in [1.54, 1.807) is 17.0 Å².